The molecule has 0 atom stereocenters. The zero-order valence-corrected chi connectivity index (χ0v) is 14.2. The maximum atomic E-state index is 12.7. The van der Waals surface area contributed by atoms with Gasteiger partial charge in [0.15, 0.2) is 5.78 Å². The first-order valence-electron chi connectivity index (χ1n) is 8.54. The van der Waals surface area contributed by atoms with Crippen LogP contribution in [0.2, 0.25) is 0 Å². The highest BCUT2D eigenvalue weighted by Gasteiger charge is 2.22. The summed E-state index contributed by atoms with van der Waals surface area (Å²) < 4.78 is 1.72. The maximum absolute atomic E-state index is 12.7. The van der Waals surface area contributed by atoms with Crippen LogP contribution in [-0.2, 0) is 0 Å². The fourth-order valence-corrected chi connectivity index (χ4v) is 3.31. The molecule has 1 aromatic carbocycles. The Hall–Kier alpha value is -3.24. The number of carbonyl (C=O) groups is 1. The third kappa shape index (κ3) is 3.03. The molecule has 0 radical (unpaired) electrons. The quantitative estimate of drug-likeness (QED) is 0.668. The number of Topliss-reactive ketones (excluding diaryl/α,β-unsaturated/α-hetero) is 1. The number of piperazine rings is 1. The minimum atomic E-state index is 0.0383. The van der Waals surface area contributed by atoms with Crippen LogP contribution in [0.4, 0.5) is 5.69 Å². The number of hydrogen-bond donors (Lipinski definition) is 0. The molecule has 0 bridgehead atoms. The summed E-state index contributed by atoms with van der Waals surface area (Å²) in [5.74, 6) is 0.574. The molecule has 0 spiro atoms. The lowest BCUT2D eigenvalue weighted by atomic mass is 10.1. The monoisotopic (exact) mass is 346 g/mol. The van der Waals surface area contributed by atoms with E-state index in [2.05, 4.69) is 25.8 Å². The highest BCUT2D eigenvalue weighted by Crippen LogP contribution is 2.21. The molecule has 0 amide bonds. The normalized spacial score (nSPS) is 15.1. The predicted octanol–water partition coefficient (Wildman–Crippen LogP) is 1.61. The number of carbonyl (C=O) groups excluding carboxylic acids is 1. The van der Waals surface area contributed by atoms with Gasteiger partial charge in [-0.1, -0.05) is 12.1 Å². The molecule has 4 rings (SSSR count). The zero-order valence-electron chi connectivity index (χ0n) is 14.2. The van der Waals surface area contributed by atoms with Gasteiger partial charge in [-0.05, 0) is 18.2 Å². The Balaban J connectivity index is 1.41. The van der Waals surface area contributed by atoms with Gasteiger partial charge in [-0.15, -0.1) is 0 Å². The number of para-hydroxylation sites is 1. The summed E-state index contributed by atoms with van der Waals surface area (Å²) in [5.41, 5.74) is 2.22. The molecule has 1 aliphatic rings. The van der Waals surface area contributed by atoms with Gasteiger partial charge >= 0.3 is 0 Å². The van der Waals surface area contributed by atoms with E-state index in [-0.39, 0.29) is 5.78 Å². The van der Waals surface area contributed by atoms with Crippen molar-refractivity contribution in [3.05, 3.63) is 60.2 Å². The van der Waals surface area contributed by atoms with E-state index < -0.39 is 0 Å². The number of aromatic nitrogens is 3. The predicted molar refractivity (Wildman–Crippen MR) is 97.1 cm³/mol. The van der Waals surface area contributed by atoms with E-state index >= 15 is 0 Å². The van der Waals surface area contributed by atoms with Crippen molar-refractivity contribution in [3.63, 3.8) is 0 Å². The Morgan fingerprint density at radius 2 is 1.92 bits per heavy atom. The van der Waals surface area contributed by atoms with Crippen molar-refractivity contribution >= 4 is 17.2 Å². The SMILES string of the molecule is N#Cc1ccccc1N1CCN(CC(=O)c2cnc3ncccn23)CC1. The highest BCUT2D eigenvalue weighted by atomic mass is 16.1. The van der Waals surface area contributed by atoms with E-state index in [9.17, 15) is 10.1 Å². The van der Waals surface area contributed by atoms with Gasteiger partial charge in [0.25, 0.3) is 0 Å². The second-order valence-electron chi connectivity index (χ2n) is 6.25. The average Bonchev–Trinajstić information content (AvgIpc) is 3.13. The van der Waals surface area contributed by atoms with E-state index in [0.717, 1.165) is 31.9 Å². The number of fused-ring (bicyclic) bond motifs is 1. The van der Waals surface area contributed by atoms with Crippen molar-refractivity contribution in [1.82, 2.24) is 19.3 Å². The number of anilines is 1. The summed E-state index contributed by atoms with van der Waals surface area (Å²) in [6.07, 6.45) is 5.05. The molecule has 1 aliphatic heterocycles. The molecule has 1 saturated heterocycles. The van der Waals surface area contributed by atoms with Crippen molar-refractivity contribution in [2.75, 3.05) is 37.6 Å². The van der Waals surface area contributed by atoms with Crippen LogP contribution in [-0.4, -0.2) is 57.8 Å². The maximum Gasteiger partial charge on any atom is 0.234 e. The first kappa shape index (κ1) is 16.2. The van der Waals surface area contributed by atoms with E-state index in [1.807, 2.05) is 24.3 Å². The second-order valence-corrected chi connectivity index (χ2v) is 6.25. The van der Waals surface area contributed by atoms with Crippen LogP contribution in [0.5, 0.6) is 0 Å². The Kier molecular flexibility index (Phi) is 4.33. The molecule has 7 nitrogen and oxygen atoms in total. The summed E-state index contributed by atoms with van der Waals surface area (Å²) in [5, 5.41) is 9.27. The molecule has 130 valence electrons. The Labute approximate surface area is 151 Å². The van der Waals surface area contributed by atoms with Gasteiger partial charge in [0.1, 0.15) is 11.8 Å². The summed E-state index contributed by atoms with van der Waals surface area (Å²) in [7, 11) is 0. The largest absolute Gasteiger partial charge is 0.368 e. The smallest absolute Gasteiger partial charge is 0.234 e. The standard InChI is InChI=1S/C19H18N6O/c20-12-15-4-1-2-5-16(15)24-10-8-23(9-11-24)14-18(26)17-13-22-19-21-6-3-7-25(17)19/h1-7,13H,8-11,14H2. The molecule has 0 aliphatic carbocycles. The summed E-state index contributed by atoms with van der Waals surface area (Å²) in [6.45, 7) is 3.50. The van der Waals surface area contributed by atoms with Crippen LogP contribution < -0.4 is 4.90 Å². The number of ketones is 1. The van der Waals surface area contributed by atoms with Gasteiger partial charge in [-0.25, -0.2) is 9.97 Å². The fraction of sp³-hybridized carbons (Fsp3) is 0.263. The highest BCUT2D eigenvalue weighted by molar-refractivity contribution is 5.96. The van der Waals surface area contributed by atoms with Gasteiger partial charge in [0, 0.05) is 38.6 Å². The molecule has 2 aromatic heterocycles. The Bertz CT molecular complexity index is 981. The molecule has 1 fully saturated rings. The summed E-state index contributed by atoms with van der Waals surface area (Å²) >= 11 is 0. The van der Waals surface area contributed by atoms with E-state index in [1.165, 1.54) is 0 Å². The van der Waals surface area contributed by atoms with Gasteiger partial charge in [-0.3, -0.25) is 14.1 Å². The van der Waals surface area contributed by atoms with E-state index in [0.29, 0.717) is 23.6 Å². The molecule has 3 aromatic rings. The van der Waals surface area contributed by atoms with Crippen LogP contribution in [0, 0.1) is 11.3 Å². The molecular formula is C19H18N6O. The van der Waals surface area contributed by atoms with E-state index in [1.54, 1.807) is 29.1 Å². The molecule has 0 N–H and O–H groups in total. The van der Waals surface area contributed by atoms with Crippen molar-refractivity contribution in [2.24, 2.45) is 0 Å². The average molecular weight is 346 g/mol. The minimum absolute atomic E-state index is 0.0383. The van der Waals surface area contributed by atoms with Crippen LogP contribution in [0.3, 0.4) is 0 Å². The Morgan fingerprint density at radius 3 is 2.73 bits per heavy atom. The summed E-state index contributed by atoms with van der Waals surface area (Å²) in [4.78, 5) is 25.3. The van der Waals surface area contributed by atoms with Gasteiger partial charge in [0.05, 0.1) is 24.0 Å². The van der Waals surface area contributed by atoms with Crippen molar-refractivity contribution in [3.8, 4) is 6.07 Å². The lowest BCUT2D eigenvalue weighted by Gasteiger charge is -2.36. The number of benzene rings is 1. The first-order valence-corrected chi connectivity index (χ1v) is 8.54. The van der Waals surface area contributed by atoms with Crippen LogP contribution in [0.25, 0.3) is 5.78 Å². The summed E-state index contributed by atoms with van der Waals surface area (Å²) in [6, 6.07) is 11.7. The number of hydrogen-bond acceptors (Lipinski definition) is 6. The molecule has 0 unspecified atom stereocenters. The van der Waals surface area contributed by atoms with Crippen molar-refractivity contribution in [2.45, 2.75) is 0 Å². The lowest BCUT2D eigenvalue weighted by molar-refractivity contribution is 0.0920. The third-order valence-electron chi connectivity index (χ3n) is 4.68. The second kappa shape index (κ2) is 6.94. The van der Waals surface area contributed by atoms with Crippen molar-refractivity contribution in [1.29, 1.82) is 5.26 Å². The van der Waals surface area contributed by atoms with Gasteiger partial charge in [0.2, 0.25) is 5.78 Å². The molecule has 7 heteroatoms. The molecule has 0 saturated carbocycles. The molecular weight excluding hydrogens is 328 g/mol. The van der Waals surface area contributed by atoms with Crippen LogP contribution >= 0.6 is 0 Å². The van der Waals surface area contributed by atoms with Crippen LogP contribution in [0.1, 0.15) is 16.1 Å². The third-order valence-corrected chi connectivity index (χ3v) is 4.68. The van der Waals surface area contributed by atoms with Gasteiger partial charge in [-0.2, -0.15) is 5.26 Å². The first-order chi connectivity index (χ1) is 12.8. The Morgan fingerprint density at radius 1 is 1.12 bits per heavy atom. The number of rotatable bonds is 4. The number of imidazole rings is 1. The van der Waals surface area contributed by atoms with Crippen molar-refractivity contribution < 1.29 is 4.79 Å². The molecule has 3 heterocycles. The van der Waals surface area contributed by atoms with E-state index in [4.69, 9.17) is 0 Å². The topological polar surface area (TPSA) is 77.5 Å². The van der Waals surface area contributed by atoms with Crippen LogP contribution in [0.15, 0.2) is 48.9 Å². The van der Waals surface area contributed by atoms with Gasteiger partial charge < -0.3 is 4.90 Å². The zero-order chi connectivity index (χ0) is 17.9. The molecule has 26 heavy (non-hydrogen) atoms. The minimum Gasteiger partial charge on any atom is -0.368 e. The number of nitrogens with zero attached hydrogens (tertiary/aromatic N) is 6. The number of nitriles is 1. The fourth-order valence-electron chi connectivity index (χ4n) is 3.31. The lowest BCUT2D eigenvalue weighted by Crippen LogP contribution is -2.48.